The summed E-state index contributed by atoms with van der Waals surface area (Å²) >= 11 is 1.57. The van der Waals surface area contributed by atoms with Gasteiger partial charge in [-0.05, 0) is 13.0 Å². The first kappa shape index (κ1) is 9.35. The summed E-state index contributed by atoms with van der Waals surface area (Å²) in [6, 6.07) is 0. The highest BCUT2D eigenvalue weighted by Gasteiger charge is 2.14. The Hall–Kier alpha value is -0.740. The minimum absolute atomic E-state index is 0.524. The molecule has 12 heavy (non-hydrogen) atoms. The lowest BCUT2D eigenvalue weighted by Gasteiger charge is -1.98. The number of thioether (sulfide) groups is 1. The van der Waals surface area contributed by atoms with Gasteiger partial charge in [-0.1, -0.05) is 11.8 Å². The van der Waals surface area contributed by atoms with Crippen molar-refractivity contribution in [2.75, 3.05) is 13.1 Å². The van der Waals surface area contributed by atoms with Crippen LogP contribution in [0.4, 0.5) is 0 Å². The van der Waals surface area contributed by atoms with Crippen LogP contribution in [0.3, 0.4) is 0 Å². The lowest BCUT2D eigenvalue weighted by molar-refractivity contribution is 0.919. The fourth-order valence-electron chi connectivity index (χ4n) is 0.860. The van der Waals surface area contributed by atoms with Gasteiger partial charge >= 0.3 is 0 Å². The van der Waals surface area contributed by atoms with E-state index in [1.807, 2.05) is 19.2 Å². The van der Waals surface area contributed by atoms with Gasteiger partial charge < -0.3 is 11.1 Å². The van der Waals surface area contributed by atoms with E-state index in [4.69, 9.17) is 11.1 Å². The number of hydrogen-bond acceptors (Lipinski definition) is 4. The molecule has 4 N–H and O–H groups in total. The number of hydrogen-bond donors (Lipinski definition) is 3. The molecule has 0 amide bonds. The summed E-state index contributed by atoms with van der Waals surface area (Å²) in [5.41, 5.74) is 6.01. The van der Waals surface area contributed by atoms with Crippen molar-refractivity contribution in [1.82, 2.24) is 5.32 Å². The normalized spacial score (nSPS) is 20.0. The fourth-order valence-corrected chi connectivity index (χ4v) is 1.71. The van der Waals surface area contributed by atoms with Crippen molar-refractivity contribution in [2.45, 2.75) is 6.92 Å². The molecular weight excluding hydrogens is 170 g/mol. The van der Waals surface area contributed by atoms with Crippen LogP contribution in [0.15, 0.2) is 22.1 Å². The molecule has 1 aliphatic heterocycles. The number of rotatable bonds is 3. The first-order valence-electron chi connectivity index (χ1n) is 3.89. The van der Waals surface area contributed by atoms with Crippen molar-refractivity contribution in [1.29, 1.82) is 5.41 Å². The minimum atomic E-state index is 0.524. The van der Waals surface area contributed by atoms with Crippen molar-refractivity contribution >= 4 is 17.5 Å². The molecule has 3 nitrogen and oxygen atoms in total. The van der Waals surface area contributed by atoms with Crippen LogP contribution in [-0.2, 0) is 0 Å². The molecule has 0 fully saturated rings. The Bertz CT molecular complexity index is 243. The summed E-state index contributed by atoms with van der Waals surface area (Å²) in [6.07, 6.45) is 3.68. The number of allylic oxidation sites excluding steroid dienone is 2. The zero-order valence-corrected chi connectivity index (χ0v) is 7.87. The van der Waals surface area contributed by atoms with Crippen LogP contribution in [0.1, 0.15) is 6.92 Å². The smallest absolute Gasteiger partial charge is 0.0702 e. The molecule has 0 spiro atoms. The molecule has 4 heteroatoms. The molecule has 0 radical (unpaired) electrons. The van der Waals surface area contributed by atoms with Crippen molar-refractivity contribution in [2.24, 2.45) is 5.73 Å². The summed E-state index contributed by atoms with van der Waals surface area (Å²) < 4.78 is 0. The quantitative estimate of drug-likeness (QED) is 0.613. The molecule has 1 aliphatic rings. The van der Waals surface area contributed by atoms with E-state index < -0.39 is 0 Å². The molecule has 0 aromatic carbocycles. The summed E-state index contributed by atoms with van der Waals surface area (Å²) in [4.78, 5) is 2.02. The topological polar surface area (TPSA) is 61.9 Å². The number of nitrogens with two attached hydrogens (primary N) is 1. The van der Waals surface area contributed by atoms with Crippen LogP contribution >= 0.6 is 11.8 Å². The van der Waals surface area contributed by atoms with Gasteiger partial charge in [0.15, 0.2) is 0 Å². The zero-order chi connectivity index (χ0) is 8.97. The Morgan fingerprint density at radius 3 is 3.00 bits per heavy atom. The van der Waals surface area contributed by atoms with E-state index in [1.54, 1.807) is 11.8 Å². The Kier molecular flexibility index (Phi) is 3.37. The maximum absolute atomic E-state index is 7.56. The van der Waals surface area contributed by atoms with Crippen LogP contribution in [0.2, 0.25) is 0 Å². The highest BCUT2D eigenvalue weighted by molar-refractivity contribution is 8.08. The molecule has 1 rings (SSSR count). The first-order chi connectivity index (χ1) is 5.77. The highest BCUT2D eigenvalue weighted by atomic mass is 32.2. The minimum Gasteiger partial charge on any atom is -0.390 e. The van der Waals surface area contributed by atoms with E-state index in [0.717, 1.165) is 16.4 Å². The average molecular weight is 183 g/mol. The van der Waals surface area contributed by atoms with Crippen LogP contribution in [-0.4, -0.2) is 18.8 Å². The molecule has 0 aromatic rings. The summed E-state index contributed by atoms with van der Waals surface area (Å²) in [5, 5.41) is 10.6. The molecule has 0 bridgehead atoms. The zero-order valence-electron chi connectivity index (χ0n) is 7.05. The SMILES string of the molecule is CCN/C=C1/SC(CN)=CC1=N. The molecule has 0 saturated heterocycles. The predicted molar refractivity (Wildman–Crippen MR) is 54.2 cm³/mol. The van der Waals surface area contributed by atoms with Crippen LogP contribution < -0.4 is 11.1 Å². The third-order valence-electron chi connectivity index (χ3n) is 1.45. The fraction of sp³-hybridized carbons (Fsp3) is 0.375. The Balaban J connectivity index is 2.59. The molecule has 0 aliphatic carbocycles. The molecular formula is C8H13N3S. The van der Waals surface area contributed by atoms with Gasteiger partial charge in [0.1, 0.15) is 0 Å². The van der Waals surface area contributed by atoms with Crippen LogP contribution in [0, 0.1) is 5.41 Å². The molecule has 0 saturated carbocycles. The van der Waals surface area contributed by atoms with E-state index in [1.165, 1.54) is 0 Å². The van der Waals surface area contributed by atoms with Gasteiger partial charge in [0, 0.05) is 24.2 Å². The van der Waals surface area contributed by atoms with Crippen molar-refractivity contribution in [3.8, 4) is 0 Å². The van der Waals surface area contributed by atoms with Gasteiger partial charge in [-0.25, -0.2) is 0 Å². The van der Waals surface area contributed by atoms with Gasteiger partial charge in [0.2, 0.25) is 0 Å². The van der Waals surface area contributed by atoms with E-state index in [-0.39, 0.29) is 0 Å². The summed E-state index contributed by atoms with van der Waals surface area (Å²) in [7, 11) is 0. The van der Waals surface area contributed by atoms with Gasteiger partial charge in [0.25, 0.3) is 0 Å². The van der Waals surface area contributed by atoms with Gasteiger partial charge in [-0.15, -0.1) is 0 Å². The third kappa shape index (κ3) is 2.12. The second-order valence-corrected chi connectivity index (χ2v) is 3.57. The predicted octanol–water partition coefficient (Wildman–Crippen LogP) is 1.05. The summed E-state index contributed by atoms with van der Waals surface area (Å²) in [5.74, 6) is 0. The molecule has 66 valence electrons. The van der Waals surface area contributed by atoms with E-state index in [9.17, 15) is 0 Å². The maximum atomic E-state index is 7.56. The standard InChI is InChI=1S/C8H13N3S/c1-2-11-5-8-7(10)3-6(4-9)12-8/h3,5,10-11H,2,4,9H2,1H3/b8-5+,10-7?. The maximum Gasteiger partial charge on any atom is 0.0702 e. The molecule has 0 aromatic heterocycles. The van der Waals surface area contributed by atoms with Crippen LogP contribution in [0.25, 0.3) is 0 Å². The van der Waals surface area contributed by atoms with Crippen LogP contribution in [0.5, 0.6) is 0 Å². The number of nitrogens with one attached hydrogen (secondary N) is 2. The van der Waals surface area contributed by atoms with E-state index in [0.29, 0.717) is 12.3 Å². The Labute approximate surface area is 76.6 Å². The van der Waals surface area contributed by atoms with Crippen molar-refractivity contribution < 1.29 is 0 Å². The van der Waals surface area contributed by atoms with E-state index >= 15 is 0 Å². The van der Waals surface area contributed by atoms with Gasteiger partial charge in [-0.2, -0.15) is 0 Å². The van der Waals surface area contributed by atoms with Gasteiger partial charge in [-0.3, -0.25) is 5.41 Å². The molecule has 0 unspecified atom stereocenters. The second kappa shape index (κ2) is 4.33. The van der Waals surface area contributed by atoms with E-state index in [2.05, 4.69) is 5.32 Å². The lowest BCUT2D eigenvalue weighted by atomic mass is 10.3. The van der Waals surface area contributed by atoms with Crippen molar-refractivity contribution in [3.05, 3.63) is 22.1 Å². The van der Waals surface area contributed by atoms with Gasteiger partial charge in [0.05, 0.1) is 10.6 Å². The highest BCUT2D eigenvalue weighted by Crippen LogP contribution is 2.31. The first-order valence-corrected chi connectivity index (χ1v) is 4.70. The second-order valence-electron chi connectivity index (χ2n) is 2.40. The largest absolute Gasteiger partial charge is 0.390 e. The lowest BCUT2D eigenvalue weighted by Crippen LogP contribution is -2.04. The third-order valence-corrected chi connectivity index (χ3v) is 2.55. The molecule has 0 atom stereocenters. The Morgan fingerprint density at radius 1 is 1.75 bits per heavy atom. The monoisotopic (exact) mass is 183 g/mol. The average Bonchev–Trinajstić information content (AvgIpc) is 2.43. The van der Waals surface area contributed by atoms with Crippen molar-refractivity contribution in [3.63, 3.8) is 0 Å². The Morgan fingerprint density at radius 2 is 2.50 bits per heavy atom. The molecule has 1 heterocycles. The summed E-state index contributed by atoms with van der Waals surface area (Å²) in [6.45, 7) is 3.43.